The lowest BCUT2D eigenvalue weighted by atomic mass is 9.81. The van der Waals surface area contributed by atoms with Gasteiger partial charge < -0.3 is 36.3 Å². The Kier molecular flexibility index (Phi) is 10.8. The summed E-state index contributed by atoms with van der Waals surface area (Å²) in [5.74, 6) is 0.543. The van der Waals surface area contributed by atoms with Gasteiger partial charge in [0.05, 0.1) is 11.1 Å². The number of carbonyl (C=O) groups is 4. The van der Waals surface area contributed by atoms with Crippen molar-refractivity contribution in [1.29, 1.82) is 0 Å². The van der Waals surface area contributed by atoms with Gasteiger partial charge in [-0.25, -0.2) is 19.2 Å². The van der Waals surface area contributed by atoms with Gasteiger partial charge in [-0.05, 0) is 57.4 Å². The molecule has 1 aromatic heterocycles. The molecule has 2 rings (SSSR count). The first-order valence-electron chi connectivity index (χ1n) is 12.1. The SMILES string of the molecule is CCC(COC(N)=O)(COC(N)=O)COC(=O)NCC1CCCC(CNC(=O)n2nc(C)cc2C)C1. The molecule has 13 heteroatoms. The molecule has 1 aromatic rings. The van der Waals surface area contributed by atoms with E-state index in [9.17, 15) is 19.2 Å². The smallest absolute Gasteiger partial charge is 0.407 e. The maximum atomic E-state index is 12.4. The second kappa shape index (κ2) is 13.5. The lowest BCUT2D eigenvalue weighted by Gasteiger charge is -2.31. The van der Waals surface area contributed by atoms with Crippen molar-refractivity contribution in [2.45, 2.75) is 52.9 Å². The maximum Gasteiger partial charge on any atom is 0.407 e. The summed E-state index contributed by atoms with van der Waals surface area (Å²) in [4.78, 5) is 46.8. The molecule has 0 bridgehead atoms. The van der Waals surface area contributed by atoms with Gasteiger partial charge in [0.25, 0.3) is 0 Å². The van der Waals surface area contributed by atoms with Crippen molar-refractivity contribution in [3.8, 4) is 0 Å². The van der Waals surface area contributed by atoms with E-state index in [2.05, 4.69) is 15.7 Å². The minimum Gasteiger partial charge on any atom is -0.449 e. The van der Waals surface area contributed by atoms with Gasteiger partial charge in [0.2, 0.25) is 0 Å². The summed E-state index contributed by atoms with van der Waals surface area (Å²) < 4.78 is 16.4. The van der Waals surface area contributed by atoms with Gasteiger partial charge in [0, 0.05) is 18.8 Å². The third kappa shape index (κ3) is 9.27. The quantitative estimate of drug-likeness (QED) is 0.326. The normalized spacial score (nSPS) is 17.6. The molecule has 0 saturated heterocycles. The average molecular weight is 511 g/mol. The van der Waals surface area contributed by atoms with Gasteiger partial charge in [-0.2, -0.15) is 9.78 Å². The van der Waals surface area contributed by atoms with Crippen LogP contribution in [0.25, 0.3) is 0 Å². The van der Waals surface area contributed by atoms with Crippen LogP contribution in [0.5, 0.6) is 0 Å². The van der Waals surface area contributed by atoms with Crippen LogP contribution in [-0.4, -0.2) is 67.0 Å². The summed E-state index contributed by atoms with van der Waals surface area (Å²) in [5, 5.41) is 9.92. The van der Waals surface area contributed by atoms with Crippen LogP contribution in [0.2, 0.25) is 0 Å². The minimum absolute atomic E-state index is 0.165. The van der Waals surface area contributed by atoms with Crippen LogP contribution in [-0.2, 0) is 14.2 Å². The number of nitrogens with two attached hydrogens (primary N) is 2. The highest BCUT2D eigenvalue weighted by molar-refractivity contribution is 5.76. The summed E-state index contributed by atoms with van der Waals surface area (Å²) >= 11 is 0. The van der Waals surface area contributed by atoms with E-state index in [1.165, 1.54) is 4.68 Å². The number of hydrogen-bond acceptors (Lipinski definition) is 8. The molecule has 1 heterocycles. The Balaban J connectivity index is 1.79. The van der Waals surface area contributed by atoms with Gasteiger partial charge >= 0.3 is 24.3 Å². The Bertz CT molecular complexity index is 901. The van der Waals surface area contributed by atoms with E-state index >= 15 is 0 Å². The van der Waals surface area contributed by atoms with Gasteiger partial charge in [0.1, 0.15) is 19.8 Å². The van der Waals surface area contributed by atoms with Crippen molar-refractivity contribution in [1.82, 2.24) is 20.4 Å². The van der Waals surface area contributed by atoms with Crippen LogP contribution in [0.15, 0.2) is 6.07 Å². The predicted octanol–water partition coefficient (Wildman–Crippen LogP) is 2.18. The monoisotopic (exact) mass is 510 g/mol. The van der Waals surface area contributed by atoms with Crippen LogP contribution in [0.3, 0.4) is 0 Å². The Labute approximate surface area is 210 Å². The van der Waals surface area contributed by atoms with E-state index in [4.69, 9.17) is 25.7 Å². The summed E-state index contributed by atoms with van der Waals surface area (Å²) in [6.07, 6.45) is 1.56. The van der Waals surface area contributed by atoms with E-state index in [1.807, 2.05) is 19.9 Å². The molecule has 13 nitrogen and oxygen atoms in total. The fourth-order valence-corrected chi connectivity index (χ4v) is 4.29. The molecule has 36 heavy (non-hydrogen) atoms. The summed E-state index contributed by atoms with van der Waals surface area (Å²) in [6, 6.07) is 1.60. The van der Waals surface area contributed by atoms with E-state index in [-0.39, 0.29) is 31.8 Å². The molecule has 2 unspecified atom stereocenters. The van der Waals surface area contributed by atoms with Gasteiger partial charge in [-0.1, -0.05) is 13.3 Å². The van der Waals surface area contributed by atoms with Crippen molar-refractivity contribution < 1.29 is 33.4 Å². The molecule has 0 aliphatic heterocycles. The molecular weight excluding hydrogens is 472 g/mol. The van der Waals surface area contributed by atoms with Gasteiger partial charge in [-0.15, -0.1) is 0 Å². The predicted molar refractivity (Wildman–Crippen MR) is 129 cm³/mol. The average Bonchev–Trinajstić information content (AvgIpc) is 3.19. The van der Waals surface area contributed by atoms with Crippen LogP contribution >= 0.6 is 0 Å². The van der Waals surface area contributed by atoms with Crippen molar-refractivity contribution >= 4 is 24.3 Å². The first-order chi connectivity index (χ1) is 17.0. The number of rotatable bonds is 11. The molecule has 1 saturated carbocycles. The number of primary amides is 2. The molecular formula is C23H38N6O7. The Morgan fingerprint density at radius 1 is 1.00 bits per heavy atom. The maximum absolute atomic E-state index is 12.4. The van der Waals surface area contributed by atoms with E-state index < -0.39 is 23.7 Å². The standard InChI is InChI=1S/C23H38N6O7/c1-4-23(12-34-19(24)30,13-35-20(25)31)14-36-22(33)27-11-18-7-5-6-17(9-18)10-26-21(32)29-16(3)8-15(2)28-29/h8,17-18H,4-7,9-14H2,1-3H3,(H2,24,30)(H2,25,31)(H,26,32)(H,27,33). The summed E-state index contributed by atoms with van der Waals surface area (Å²) in [5.41, 5.74) is 10.7. The topological polar surface area (TPSA) is 190 Å². The number of amides is 4. The van der Waals surface area contributed by atoms with Crippen molar-refractivity contribution in [2.24, 2.45) is 28.7 Å². The van der Waals surface area contributed by atoms with Gasteiger partial charge in [-0.3, -0.25) is 0 Å². The molecule has 1 aliphatic carbocycles. The third-order valence-corrected chi connectivity index (χ3v) is 6.47. The second-order valence-corrected chi connectivity index (χ2v) is 9.45. The molecule has 0 aromatic carbocycles. The highest BCUT2D eigenvalue weighted by atomic mass is 16.6. The zero-order valence-corrected chi connectivity index (χ0v) is 21.2. The van der Waals surface area contributed by atoms with E-state index in [0.29, 0.717) is 25.4 Å². The number of nitrogens with one attached hydrogen (secondary N) is 2. The first-order valence-corrected chi connectivity index (χ1v) is 12.1. The number of aromatic nitrogens is 2. The third-order valence-electron chi connectivity index (χ3n) is 6.47. The molecule has 1 fully saturated rings. The Morgan fingerprint density at radius 3 is 2.06 bits per heavy atom. The lowest BCUT2D eigenvalue weighted by Crippen LogP contribution is -2.42. The Hall–Kier alpha value is -3.51. The molecule has 0 radical (unpaired) electrons. The number of alkyl carbamates (subject to hydrolysis) is 1. The summed E-state index contributed by atoms with van der Waals surface area (Å²) in [6.45, 7) is 5.84. The fraction of sp³-hybridized carbons (Fsp3) is 0.696. The molecule has 0 spiro atoms. The van der Waals surface area contributed by atoms with Crippen LogP contribution in [0, 0.1) is 31.1 Å². The number of ether oxygens (including phenoxy) is 3. The Morgan fingerprint density at radius 2 is 1.56 bits per heavy atom. The van der Waals surface area contributed by atoms with Crippen LogP contribution in [0.4, 0.5) is 19.2 Å². The zero-order valence-electron chi connectivity index (χ0n) is 21.2. The molecule has 6 N–H and O–H groups in total. The highest BCUT2D eigenvalue weighted by Crippen LogP contribution is 2.28. The van der Waals surface area contributed by atoms with Crippen molar-refractivity contribution in [2.75, 3.05) is 32.9 Å². The van der Waals surface area contributed by atoms with Crippen molar-refractivity contribution in [3.05, 3.63) is 17.5 Å². The number of hydrogen-bond donors (Lipinski definition) is 4. The minimum atomic E-state index is -0.991. The molecule has 4 amide bonds. The van der Waals surface area contributed by atoms with Crippen molar-refractivity contribution in [3.63, 3.8) is 0 Å². The number of nitrogens with zero attached hydrogens (tertiary/aromatic N) is 2. The largest absolute Gasteiger partial charge is 0.449 e. The highest BCUT2D eigenvalue weighted by Gasteiger charge is 2.34. The lowest BCUT2D eigenvalue weighted by molar-refractivity contribution is -0.0147. The van der Waals surface area contributed by atoms with Crippen LogP contribution in [0.1, 0.15) is 50.4 Å². The molecule has 1 aliphatic rings. The summed E-state index contributed by atoms with van der Waals surface area (Å²) in [7, 11) is 0. The first kappa shape index (κ1) is 28.7. The van der Waals surface area contributed by atoms with E-state index in [0.717, 1.165) is 37.1 Å². The number of aryl methyl sites for hydroxylation is 2. The fourth-order valence-electron chi connectivity index (χ4n) is 4.29. The molecule has 2 atom stereocenters. The van der Waals surface area contributed by atoms with E-state index in [1.54, 1.807) is 6.92 Å². The molecule has 202 valence electrons. The number of carbonyl (C=O) groups excluding carboxylic acids is 4. The van der Waals surface area contributed by atoms with Gasteiger partial charge in [0.15, 0.2) is 0 Å². The van der Waals surface area contributed by atoms with Crippen LogP contribution < -0.4 is 22.1 Å². The second-order valence-electron chi connectivity index (χ2n) is 9.45. The zero-order chi connectivity index (χ0) is 26.7.